The first kappa shape index (κ1) is 14.2. The Morgan fingerprint density at radius 3 is 3.14 bits per heavy atom. The van der Waals surface area contributed by atoms with E-state index in [1.165, 1.54) is 5.56 Å². The first-order valence-corrected chi connectivity index (χ1v) is 8.25. The van der Waals surface area contributed by atoms with Crippen molar-refractivity contribution in [2.45, 2.75) is 43.1 Å². The number of anilines is 1. The zero-order valence-electron chi connectivity index (χ0n) is 12.0. The third kappa shape index (κ3) is 3.47. The molecule has 0 radical (unpaired) electrons. The molecule has 0 atom stereocenters. The zero-order chi connectivity index (χ0) is 14.7. The Morgan fingerprint density at radius 1 is 1.52 bits per heavy atom. The average molecular weight is 305 g/mol. The summed E-state index contributed by atoms with van der Waals surface area (Å²) < 4.78 is 1.78. The lowest BCUT2D eigenvalue weighted by Gasteiger charge is -2.06. The Hall–Kier alpha value is -1.76. The zero-order valence-corrected chi connectivity index (χ0v) is 12.8. The molecule has 0 saturated heterocycles. The van der Waals surface area contributed by atoms with Crippen LogP contribution in [0.5, 0.6) is 0 Å². The summed E-state index contributed by atoms with van der Waals surface area (Å²) in [6.07, 6.45) is 5.04. The lowest BCUT2D eigenvalue weighted by Crippen LogP contribution is -2.16. The fourth-order valence-electron chi connectivity index (χ4n) is 2.11. The van der Waals surface area contributed by atoms with Crippen LogP contribution >= 0.6 is 11.8 Å². The summed E-state index contributed by atoms with van der Waals surface area (Å²) in [6.45, 7) is 3.05. The van der Waals surface area contributed by atoms with Gasteiger partial charge in [-0.3, -0.25) is 4.57 Å². The summed E-state index contributed by atoms with van der Waals surface area (Å²) >= 11 is 1.59. The van der Waals surface area contributed by atoms with Crippen LogP contribution in [0.15, 0.2) is 28.3 Å². The number of hydrogen-bond donors (Lipinski definition) is 2. The molecule has 6 nitrogen and oxygen atoms in total. The third-order valence-electron chi connectivity index (χ3n) is 3.33. The minimum Gasteiger partial charge on any atom is -0.370 e. The van der Waals surface area contributed by atoms with Crippen molar-refractivity contribution in [3.8, 4) is 0 Å². The Kier molecular flexibility index (Phi) is 4.28. The molecule has 0 amide bonds. The van der Waals surface area contributed by atoms with Gasteiger partial charge in [0, 0.05) is 24.5 Å². The molecule has 1 aliphatic carbocycles. The van der Waals surface area contributed by atoms with E-state index < -0.39 is 0 Å². The summed E-state index contributed by atoms with van der Waals surface area (Å²) in [7, 11) is 0. The quantitative estimate of drug-likeness (QED) is 0.768. The minimum atomic E-state index is -0.0972. The van der Waals surface area contributed by atoms with Crippen molar-refractivity contribution in [2.75, 3.05) is 11.9 Å². The van der Waals surface area contributed by atoms with Crippen molar-refractivity contribution < 1.29 is 0 Å². The number of rotatable bonds is 7. The van der Waals surface area contributed by atoms with Gasteiger partial charge in [0.15, 0.2) is 5.16 Å². The molecule has 1 aliphatic rings. The highest BCUT2D eigenvalue weighted by Crippen LogP contribution is 2.36. The summed E-state index contributed by atoms with van der Waals surface area (Å²) in [4.78, 5) is 16.0. The van der Waals surface area contributed by atoms with Crippen molar-refractivity contribution in [3.63, 3.8) is 0 Å². The van der Waals surface area contributed by atoms with Crippen LogP contribution in [-0.4, -0.2) is 26.3 Å². The Labute approximate surface area is 127 Å². The number of aromatic nitrogens is 4. The van der Waals surface area contributed by atoms with E-state index in [9.17, 15) is 4.79 Å². The third-order valence-corrected chi connectivity index (χ3v) is 4.36. The monoisotopic (exact) mass is 305 g/mol. The fraction of sp³-hybridized carbons (Fsp3) is 0.500. The van der Waals surface area contributed by atoms with Gasteiger partial charge in [-0.25, -0.2) is 14.9 Å². The van der Waals surface area contributed by atoms with Gasteiger partial charge in [-0.15, -0.1) is 5.10 Å². The van der Waals surface area contributed by atoms with Crippen LogP contribution in [-0.2, 0) is 5.75 Å². The standard InChI is InChI=1S/C14H19N5OS/c1-2-6-15-12-8-10(5-7-16-12)9-21-14-18-17-13(20)19(14)11-3-4-11/h5,7-8,11H,2-4,6,9H2,1H3,(H,15,16)(H,17,20). The predicted molar refractivity (Wildman–Crippen MR) is 83.7 cm³/mol. The molecule has 1 saturated carbocycles. The maximum Gasteiger partial charge on any atom is 0.344 e. The van der Waals surface area contributed by atoms with E-state index in [1.54, 1.807) is 16.3 Å². The Morgan fingerprint density at radius 2 is 2.38 bits per heavy atom. The molecule has 2 N–H and O–H groups in total. The molecule has 2 heterocycles. The maximum atomic E-state index is 11.7. The SMILES string of the molecule is CCCNc1cc(CSc2n[nH]c(=O)n2C2CC2)ccn1. The lowest BCUT2D eigenvalue weighted by molar-refractivity contribution is 0.642. The van der Waals surface area contributed by atoms with E-state index in [0.717, 1.165) is 42.5 Å². The first-order valence-electron chi connectivity index (χ1n) is 7.26. The molecule has 2 aromatic rings. The van der Waals surface area contributed by atoms with Gasteiger partial charge < -0.3 is 5.32 Å². The van der Waals surface area contributed by atoms with E-state index in [0.29, 0.717) is 6.04 Å². The molecule has 7 heteroatoms. The summed E-state index contributed by atoms with van der Waals surface area (Å²) in [5.74, 6) is 1.68. The van der Waals surface area contributed by atoms with Gasteiger partial charge in [0.2, 0.25) is 0 Å². The highest BCUT2D eigenvalue weighted by molar-refractivity contribution is 7.98. The van der Waals surface area contributed by atoms with Gasteiger partial charge in [0.1, 0.15) is 5.82 Å². The number of nitrogens with zero attached hydrogens (tertiary/aromatic N) is 3. The normalized spacial score (nSPS) is 14.3. The fourth-order valence-corrected chi connectivity index (χ4v) is 3.07. The summed E-state index contributed by atoms with van der Waals surface area (Å²) in [5, 5.41) is 10.7. The Bertz CT molecular complexity index is 661. The molecular formula is C14H19N5OS. The van der Waals surface area contributed by atoms with Crippen molar-refractivity contribution in [1.82, 2.24) is 19.7 Å². The molecule has 0 aromatic carbocycles. The van der Waals surface area contributed by atoms with E-state index in [1.807, 2.05) is 12.3 Å². The molecular weight excluding hydrogens is 286 g/mol. The topological polar surface area (TPSA) is 75.6 Å². The van der Waals surface area contributed by atoms with Crippen LogP contribution in [0.25, 0.3) is 0 Å². The summed E-state index contributed by atoms with van der Waals surface area (Å²) in [5.41, 5.74) is 1.08. The van der Waals surface area contributed by atoms with Crippen molar-refractivity contribution in [3.05, 3.63) is 34.4 Å². The molecule has 1 fully saturated rings. The van der Waals surface area contributed by atoms with Crippen LogP contribution < -0.4 is 11.0 Å². The van der Waals surface area contributed by atoms with Crippen molar-refractivity contribution in [2.24, 2.45) is 0 Å². The molecule has 2 aromatic heterocycles. The van der Waals surface area contributed by atoms with Crippen LogP contribution in [0.4, 0.5) is 5.82 Å². The predicted octanol–water partition coefficient (Wildman–Crippen LogP) is 2.42. The minimum absolute atomic E-state index is 0.0972. The second-order valence-electron chi connectivity index (χ2n) is 5.18. The van der Waals surface area contributed by atoms with Gasteiger partial charge >= 0.3 is 5.69 Å². The highest BCUT2D eigenvalue weighted by Gasteiger charge is 2.28. The van der Waals surface area contributed by atoms with E-state index in [4.69, 9.17) is 0 Å². The molecule has 112 valence electrons. The molecule has 0 unspecified atom stereocenters. The van der Waals surface area contributed by atoms with Gasteiger partial charge in [0.25, 0.3) is 0 Å². The second-order valence-corrected chi connectivity index (χ2v) is 6.12. The molecule has 21 heavy (non-hydrogen) atoms. The average Bonchev–Trinajstić information content (AvgIpc) is 3.27. The summed E-state index contributed by atoms with van der Waals surface area (Å²) in [6, 6.07) is 4.39. The second kappa shape index (κ2) is 6.34. The smallest absolute Gasteiger partial charge is 0.344 e. The van der Waals surface area contributed by atoms with E-state index >= 15 is 0 Å². The number of thioether (sulfide) groups is 1. The van der Waals surface area contributed by atoms with Gasteiger partial charge in [-0.1, -0.05) is 18.7 Å². The van der Waals surface area contributed by atoms with Crippen LogP contribution in [0.3, 0.4) is 0 Å². The van der Waals surface area contributed by atoms with E-state index in [-0.39, 0.29) is 5.69 Å². The van der Waals surface area contributed by atoms with Crippen molar-refractivity contribution >= 4 is 17.6 Å². The largest absolute Gasteiger partial charge is 0.370 e. The van der Waals surface area contributed by atoms with Crippen LogP contribution in [0.2, 0.25) is 0 Å². The lowest BCUT2D eigenvalue weighted by atomic mass is 10.3. The van der Waals surface area contributed by atoms with Gasteiger partial charge in [-0.2, -0.15) is 0 Å². The molecule has 0 aliphatic heterocycles. The van der Waals surface area contributed by atoms with Gasteiger partial charge in [0.05, 0.1) is 0 Å². The number of aromatic amines is 1. The van der Waals surface area contributed by atoms with E-state index in [2.05, 4.69) is 33.5 Å². The number of H-pyrrole nitrogens is 1. The first-order chi connectivity index (χ1) is 10.3. The molecule has 0 spiro atoms. The number of nitrogens with one attached hydrogen (secondary N) is 2. The number of pyridine rings is 1. The highest BCUT2D eigenvalue weighted by atomic mass is 32.2. The van der Waals surface area contributed by atoms with Crippen LogP contribution in [0.1, 0.15) is 37.8 Å². The number of hydrogen-bond acceptors (Lipinski definition) is 5. The van der Waals surface area contributed by atoms with Gasteiger partial charge in [-0.05, 0) is 37.0 Å². The Balaban J connectivity index is 1.66. The van der Waals surface area contributed by atoms with Crippen LogP contribution in [0, 0.1) is 0 Å². The maximum absolute atomic E-state index is 11.7. The molecule has 0 bridgehead atoms. The van der Waals surface area contributed by atoms with Crippen molar-refractivity contribution in [1.29, 1.82) is 0 Å². The molecule has 3 rings (SSSR count).